The molecule has 0 N–H and O–H groups in total. The molecule has 0 heterocycles. The molecule has 1 nitrogen and oxygen atoms in total. The third-order valence-electron chi connectivity index (χ3n) is 3.82. The summed E-state index contributed by atoms with van der Waals surface area (Å²) in [6.45, 7) is 10.4. The molecule has 2 rings (SSSR count). The van der Waals surface area contributed by atoms with Crippen LogP contribution in [0.25, 0.3) is 0 Å². The van der Waals surface area contributed by atoms with Gasteiger partial charge < -0.3 is 4.90 Å². The zero-order valence-electron chi connectivity index (χ0n) is 14.3. The molecule has 0 saturated carbocycles. The summed E-state index contributed by atoms with van der Waals surface area (Å²) >= 11 is 0. The van der Waals surface area contributed by atoms with Crippen molar-refractivity contribution in [1.82, 2.24) is 4.90 Å². The molecule has 0 aliphatic carbocycles. The lowest BCUT2D eigenvalue weighted by molar-refractivity contribution is 0.194. The molecular formula is C21H29N. The number of hydrogen-bond acceptors (Lipinski definition) is 1. The molecule has 0 bridgehead atoms. The second-order valence-corrected chi connectivity index (χ2v) is 7.31. The fraction of sp³-hybridized carbons (Fsp3) is 0.429. The van der Waals surface area contributed by atoms with Crippen LogP contribution in [0.15, 0.2) is 60.7 Å². The third kappa shape index (κ3) is 6.44. The Balaban J connectivity index is 1.90. The minimum Gasteiger partial charge on any atom is -0.302 e. The fourth-order valence-electron chi connectivity index (χ4n) is 2.80. The van der Waals surface area contributed by atoms with E-state index in [4.69, 9.17) is 0 Å². The van der Waals surface area contributed by atoms with Crippen LogP contribution in [-0.4, -0.2) is 24.5 Å². The molecule has 0 unspecified atom stereocenters. The molecule has 1 heteroatoms. The Kier molecular flexibility index (Phi) is 6.21. The second-order valence-electron chi connectivity index (χ2n) is 7.31. The highest BCUT2D eigenvalue weighted by molar-refractivity contribution is 5.16. The largest absolute Gasteiger partial charge is 0.302 e. The van der Waals surface area contributed by atoms with Gasteiger partial charge in [0, 0.05) is 19.6 Å². The van der Waals surface area contributed by atoms with Crippen molar-refractivity contribution in [2.75, 3.05) is 19.6 Å². The van der Waals surface area contributed by atoms with Crippen molar-refractivity contribution < 1.29 is 0 Å². The predicted octanol–water partition coefficient (Wildman–Crippen LogP) is 4.82. The first-order valence-electron chi connectivity index (χ1n) is 8.33. The summed E-state index contributed by atoms with van der Waals surface area (Å²) in [5, 5.41) is 0. The molecule has 2 aromatic carbocycles. The standard InChI is InChI=1S/C21H29N/c1-21(2,3)18-22(16-14-19-10-6-4-7-11-19)17-15-20-12-8-5-9-13-20/h4-13H,14-18H2,1-3H3. The van der Waals surface area contributed by atoms with Crippen molar-refractivity contribution >= 4 is 0 Å². The van der Waals surface area contributed by atoms with E-state index in [-0.39, 0.29) is 0 Å². The highest BCUT2D eigenvalue weighted by Crippen LogP contribution is 2.16. The van der Waals surface area contributed by atoms with Gasteiger partial charge in [0.25, 0.3) is 0 Å². The van der Waals surface area contributed by atoms with Gasteiger partial charge in [-0.25, -0.2) is 0 Å². The molecule has 118 valence electrons. The van der Waals surface area contributed by atoms with Crippen molar-refractivity contribution in [2.24, 2.45) is 5.41 Å². The van der Waals surface area contributed by atoms with Crippen molar-refractivity contribution in [3.8, 4) is 0 Å². The first-order chi connectivity index (χ1) is 10.5. The highest BCUT2D eigenvalue weighted by Gasteiger charge is 2.16. The van der Waals surface area contributed by atoms with Gasteiger partial charge in [0.15, 0.2) is 0 Å². The Morgan fingerprint density at radius 3 is 1.45 bits per heavy atom. The summed E-state index contributed by atoms with van der Waals surface area (Å²) in [6.07, 6.45) is 2.26. The average molecular weight is 295 g/mol. The molecule has 22 heavy (non-hydrogen) atoms. The summed E-state index contributed by atoms with van der Waals surface area (Å²) in [6, 6.07) is 21.6. The van der Waals surface area contributed by atoms with Crippen LogP contribution in [0.5, 0.6) is 0 Å². The van der Waals surface area contributed by atoms with E-state index < -0.39 is 0 Å². The van der Waals surface area contributed by atoms with Gasteiger partial charge in [-0.15, -0.1) is 0 Å². The van der Waals surface area contributed by atoms with E-state index in [1.54, 1.807) is 0 Å². The smallest absolute Gasteiger partial charge is 0.00303 e. The molecular weight excluding hydrogens is 266 g/mol. The molecule has 0 aromatic heterocycles. The van der Waals surface area contributed by atoms with Crippen molar-refractivity contribution in [3.05, 3.63) is 71.8 Å². The first-order valence-corrected chi connectivity index (χ1v) is 8.33. The molecule has 0 saturated heterocycles. The van der Waals surface area contributed by atoms with E-state index in [0.717, 1.165) is 32.5 Å². The summed E-state index contributed by atoms with van der Waals surface area (Å²) in [4.78, 5) is 2.61. The number of rotatable bonds is 7. The Hall–Kier alpha value is -1.60. The van der Waals surface area contributed by atoms with Crippen LogP contribution in [-0.2, 0) is 12.8 Å². The molecule has 0 amide bonds. The number of benzene rings is 2. The molecule has 0 atom stereocenters. The van der Waals surface area contributed by atoms with Gasteiger partial charge in [-0.05, 0) is 29.4 Å². The molecule has 0 aliphatic heterocycles. The zero-order valence-corrected chi connectivity index (χ0v) is 14.3. The van der Waals surface area contributed by atoms with Crippen LogP contribution in [0.1, 0.15) is 31.9 Å². The topological polar surface area (TPSA) is 3.24 Å². The minimum atomic E-state index is 0.341. The minimum absolute atomic E-state index is 0.341. The summed E-state index contributed by atoms with van der Waals surface area (Å²) in [5.74, 6) is 0. The Morgan fingerprint density at radius 1 is 0.682 bits per heavy atom. The lowest BCUT2D eigenvalue weighted by Gasteiger charge is -2.30. The average Bonchev–Trinajstić information content (AvgIpc) is 2.51. The molecule has 2 aromatic rings. The van der Waals surface area contributed by atoms with Crippen molar-refractivity contribution in [1.29, 1.82) is 0 Å². The van der Waals surface area contributed by atoms with Gasteiger partial charge in [0.1, 0.15) is 0 Å². The van der Waals surface area contributed by atoms with Crippen LogP contribution < -0.4 is 0 Å². The Bertz CT molecular complexity index is 481. The summed E-state index contributed by atoms with van der Waals surface area (Å²) in [7, 11) is 0. The molecule has 0 fully saturated rings. The van der Waals surface area contributed by atoms with Crippen molar-refractivity contribution in [2.45, 2.75) is 33.6 Å². The van der Waals surface area contributed by atoms with Crippen LogP contribution >= 0.6 is 0 Å². The SMILES string of the molecule is CC(C)(C)CN(CCc1ccccc1)CCc1ccccc1. The highest BCUT2D eigenvalue weighted by atomic mass is 15.1. The van der Waals surface area contributed by atoms with Gasteiger partial charge in [-0.1, -0.05) is 81.4 Å². The normalized spacial score (nSPS) is 11.8. The second kappa shape index (κ2) is 8.14. The zero-order chi connectivity index (χ0) is 15.8. The van der Waals surface area contributed by atoms with E-state index in [9.17, 15) is 0 Å². The molecule has 0 aliphatic rings. The molecule has 0 spiro atoms. The number of nitrogens with zero attached hydrogens (tertiary/aromatic N) is 1. The van der Waals surface area contributed by atoms with Crippen LogP contribution in [0.3, 0.4) is 0 Å². The Morgan fingerprint density at radius 2 is 1.09 bits per heavy atom. The molecule has 0 radical (unpaired) electrons. The monoisotopic (exact) mass is 295 g/mol. The maximum absolute atomic E-state index is 2.61. The van der Waals surface area contributed by atoms with E-state index in [1.807, 2.05) is 0 Å². The first kappa shape index (κ1) is 16.8. The van der Waals surface area contributed by atoms with Gasteiger partial charge >= 0.3 is 0 Å². The third-order valence-corrected chi connectivity index (χ3v) is 3.82. The predicted molar refractivity (Wildman–Crippen MR) is 96.2 cm³/mol. The van der Waals surface area contributed by atoms with Crippen LogP contribution in [0.4, 0.5) is 0 Å². The maximum atomic E-state index is 2.61. The van der Waals surface area contributed by atoms with Gasteiger partial charge in [-0.3, -0.25) is 0 Å². The van der Waals surface area contributed by atoms with Crippen molar-refractivity contribution in [3.63, 3.8) is 0 Å². The summed E-state index contributed by atoms with van der Waals surface area (Å²) < 4.78 is 0. The lowest BCUT2D eigenvalue weighted by Crippen LogP contribution is -2.35. The lowest BCUT2D eigenvalue weighted by atomic mass is 9.95. The Labute approximate surface area is 136 Å². The van der Waals surface area contributed by atoms with Gasteiger partial charge in [0.05, 0.1) is 0 Å². The van der Waals surface area contributed by atoms with Gasteiger partial charge in [-0.2, -0.15) is 0 Å². The summed E-state index contributed by atoms with van der Waals surface area (Å²) in [5.41, 5.74) is 3.20. The fourth-order valence-corrected chi connectivity index (χ4v) is 2.80. The van der Waals surface area contributed by atoms with E-state index in [2.05, 4.69) is 86.3 Å². The van der Waals surface area contributed by atoms with Gasteiger partial charge in [0.2, 0.25) is 0 Å². The van der Waals surface area contributed by atoms with Crippen LogP contribution in [0.2, 0.25) is 0 Å². The van der Waals surface area contributed by atoms with Crippen LogP contribution in [0, 0.1) is 5.41 Å². The number of hydrogen-bond donors (Lipinski definition) is 0. The maximum Gasteiger partial charge on any atom is 0.00303 e. The van der Waals surface area contributed by atoms with E-state index >= 15 is 0 Å². The van der Waals surface area contributed by atoms with E-state index in [0.29, 0.717) is 5.41 Å². The quantitative estimate of drug-likeness (QED) is 0.708. The van der Waals surface area contributed by atoms with E-state index in [1.165, 1.54) is 11.1 Å².